The van der Waals surface area contributed by atoms with Crippen LogP contribution in [0.3, 0.4) is 0 Å². The molecule has 0 N–H and O–H groups in total. The Hall–Kier alpha value is 3.96. The van der Waals surface area contributed by atoms with Crippen molar-refractivity contribution >= 4 is 77.5 Å². The summed E-state index contributed by atoms with van der Waals surface area (Å²) in [5, 5.41) is 0. The summed E-state index contributed by atoms with van der Waals surface area (Å²) in [5.74, 6) is 0. The standard InChI is InChI=1S/3In.Nd. The molecule has 0 fully saturated rings. The fourth-order valence-corrected chi connectivity index (χ4v) is 0. The van der Waals surface area contributed by atoms with Crippen molar-refractivity contribution in [2.75, 3.05) is 0 Å². The van der Waals surface area contributed by atoms with Gasteiger partial charge in [0.05, 0.1) is 0 Å². The summed E-state index contributed by atoms with van der Waals surface area (Å²) in [4.78, 5) is 0. The second-order valence-corrected chi connectivity index (χ2v) is 0. The third-order valence-corrected chi connectivity index (χ3v) is 0. The van der Waals surface area contributed by atoms with Gasteiger partial charge in [-0.3, -0.25) is 0 Å². The van der Waals surface area contributed by atoms with E-state index in [0.29, 0.717) is 0 Å². The van der Waals surface area contributed by atoms with Crippen LogP contribution in [0.1, 0.15) is 0 Å². The molecular weight excluding hydrogens is 489 g/mol. The molecule has 13 valence electrons. The molecule has 4 heteroatoms. The molecule has 4 heavy (non-hydrogen) atoms. The van der Waals surface area contributed by atoms with Gasteiger partial charge in [0.25, 0.3) is 0 Å². The summed E-state index contributed by atoms with van der Waals surface area (Å²) in [5.41, 5.74) is 0. The first-order valence-electron chi connectivity index (χ1n) is 0. The summed E-state index contributed by atoms with van der Waals surface area (Å²) in [6.45, 7) is 0. The first-order valence-corrected chi connectivity index (χ1v) is 0. The van der Waals surface area contributed by atoms with Crippen LogP contribution in [-0.2, 0) is 0 Å². The quantitative estimate of drug-likeness (QED) is 0.405. The molecule has 0 bridgehead atoms. The number of hydrogen-bond acceptors (Lipinski definition) is 0. The monoisotopic (exact) mass is 487 g/mol. The smallest absolute Gasteiger partial charge is 0 e. The van der Waals surface area contributed by atoms with Gasteiger partial charge in [0.15, 0.2) is 0 Å². The van der Waals surface area contributed by atoms with E-state index in [0.717, 1.165) is 0 Å². The Morgan fingerprint density at radius 3 is 0.500 bits per heavy atom. The Morgan fingerprint density at radius 1 is 0.500 bits per heavy atom. The molecule has 0 amide bonds. The van der Waals surface area contributed by atoms with E-state index in [1.165, 1.54) is 0 Å². The van der Waals surface area contributed by atoms with Crippen molar-refractivity contribution in [2.24, 2.45) is 0 Å². The van der Waals surface area contributed by atoms with E-state index in [1.807, 2.05) is 0 Å². The normalized spacial score (nSPS) is 0. The molecule has 0 spiro atoms. The van der Waals surface area contributed by atoms with Crippen LogP contribution in [0.5, 0.6) is 0 Å². The summed E-state index contributed by atoms with van der Waals surface area (Å²) in [6.07, 6.45) is 0. The number of hydrogen-bond donors (Lipinski definition) is 0. The van der Waals surface area contributed by atoms with Crippen LogP contribution >= 0.6 is 0 Å². The fraction of sp³-hybridized carbons (Fsp3) is 0. The summed E-state index contributed by atoms with van der Waals surface area (Å²) in [6, 6.07) is 0. The van der Waals surface area contributed by atoms with Crippen LogP contribution in [0.4, 0.5) is 0 Å². The average Bonchev–Trinajstić information content (AvgIpc) is 0. The summed E-state index contributed by atoms with van der Waals surface area (Å²) in [7, 11) is 0. The van der Waals surface area contributed by atoms with Crippen LogP contribution in [-0.4, -0.2) is 77.5 Å². The summed E-state index contributed by atoms with van der Waals surface area (Å²) >= 11 is 0. The molecule has 0 aliphatic carbocycles. The van der Waals surface area contributed by atoms with Crippen LogP contribution in [0, 0.1) is 40.8 Å². The van der Waals surface area contributed by atoms with Crippen LogP contribution in [0.2, 0.25) is 0 Å². The van der Waals surface area contributed by atoms with Gasteiger partial charge in [-0.15, -0.1) is 0 Å². The van der Waals surface area contributed by atoms with E-state index in [2.05, 4.69) is 0 Å². The molecular formula is In3Nd. The zero-order chi connectivity index (χ0) is 0. The molecule has 0 nitrogen and oxygen atoms in total. The molecule has 0 unspecified atom stereocenters. The molecule has 0 saturated carbocycles. The van der Waals surface area contributed by atoms with E-state index in [9.17, 15) is 0 Å². The van der Waals surface area contributed by atoms with Gasteiger partial charge in [0.1, 0.15) is 0 Å². The summed E-state index contributed by atoms with van der Waals surface area (Å²) < 4.78 is 0. The molecule has 0 atom stereocenters. The maximum atomic E-state index is 0. The van der Waals surface area contributed by atoms with Gasteiger partial charge in [-0.05, 0) is 0 Å². The van der Waals surface area contributed by atoms with Gasteiger partial charge < -0.3 is 0 Å². The van der Waals surface area contributed by atoms with Crippen molar-refractivity contribution in [3.8, 4) is 0 Å². The van der Waals surface area contributed by atoms with Crippen molar-refractivity contribution in [1.29, 1.82) is 0 Å². The average molecular weight is 489 g/mol. The van der Waals surface area contributed by atoms with Crippen molar-refractivity contribution in [2.45, 2.75) is 0 Å². The minimum absolute atomic E-state index is 0. The minimum Gasteiger partial charge on any atom is 0 e. The van der Waals surface area contributed by atoms with Crippen molar-refractivity contribution in [3.05, 3.63) is 0 Å². The Balaban J connectivity index is 0. The van der Waals surface area contributed by atoms with Crippen LogP contribution in [0.15, 0.2) is 0 Å². The number of rotatable bonds is 0. The minimum atomic E-state index is 0. The molecule has 0 aliphatic heterocycles. The van der Waals surface area contributed by atoms with E-state index in [-0.39, 0.29) is 118 Å². The molecule has 0 aromatic heterocycles. The second kappa shape index (κ2) is 15.8. The van der Waals surface area contributed by atoms with Crippen molar-refractivity contribution in [3.63, 3.8) is 0 Å². The molecule has 0 saturated heterocycles. The molecule has 0 rings (SSSR count). The fourth-order valence-electron chi connectivity index (χ4n) is 0. The first kappa shape index (κ1) is 24.6. The molecule has 0 aromatic carbocycles. The van der Waals surface area contributed by atoms with Crippen LogP contribution < -0.4 is 0 Å². The predicted octanol–water partition coefficient (Wildman–Crippen LogP) is -1.14. The SMILES string of the molecule is [In].[In].[In].[Nd]. The van der Waals surface area contributed by atoms with Gasteiger partial charge in [-0.1, -0.05) is 0 Å². The maximum Gasteiger partial charge on any atom is 0 e. The van der Waals surface area contributed by atoms with Crippen molar-refractivity contribution < 1.29 is 40.8 Å². The van der Waals surface area contributed by atoms with Crippen molar-refractivity contribution in [1.82, 2.24) is 0 Å². The zero-order valence-electron chi connectivity index (χ0n) is 2.23. The van der Waals surface area contributed by atoms with Gasteiger partial charge in [-0.25, -0.2) is 0 Å². The maximum absolute atomic E-state index is 0. The molecule has 0 heterocycles. The molecule has 0 aromatic rings. The molecule has 9 radical (unpaired) electrons. The Morgan fingerprint density at radius 2 is 0.500 bits per heavy atom. The Kier molecular flexibility index (Phi) is 96.9. The van der Waals surface area contributed by atoms with E-state index >= 15 is 0 Å². The molecule has 0 aliphatic rings. The third kappa shape index (κ3) is 9.35. The van der Waals surface area contributed by atoms with E-state index in [1.54, 1.807) is 0 Å². The van der Waals surface area contributed by atoms with E-state index in [4.69, 9.17) is 0 Å². The van der Waals surface area contributed by atoms with Gasteiger partial charge in [-0.2, -0.15) is 0 Å². The first-order chi connectivity index (χ1) is 0. The van der Waals surface area contributed by atoms with E-state index < -0.39 is 0 Å². The largest absolute Gasteiger partial charge is 0 e. The van der Waals surface area contributed by atoms with Crippen LogP contribution in [0.25, 0.3) is 0 Å². The topological polar surface area (TPSA) is 0 Å². The van der Waals surface area contributed by atoms with Gasteiger partial charge >= 0.3 is 0 Å². The Bertz CT molecular complexity index is 3.25. The van der Waals surface area contributed by atoms with Gasteiger partial charge in [0, 0.05) is 118 Å². The van der Waals surface area contributed by atoms with Gasteiger partial charge in [0.2, 0.25) is 0 Å². The zero-order valence-corrected chi connectivity index (χ0v) is 15.3. The Labute approximate surface area is 115 Å². The predicted molar refractivity (Wildman–Crippen MR) is 17.3 cm³/mol. The third-order valence-electron chi connectivity index (χ3n) is 0. The second-order valence-electron chi connectivity index (χ2n) is 0.